The summed E-state index contributed by atoms with van der Waals surface area (Å²) >= 11 is 0. The van der Waals surface area contributed by atoms with Crippen molar-refractivity contribution >= 4 is 5.78 Å². The fourth-order valence-electron chi connectivity index (χ4n) is 1.59. The molecule has 0 fully saturated rings. The molecule has 0 bridgehead atoms. The molecule has 0 spiro atoms. The van der Waals surface area contributed by atoms with Gasteiger partial charge in [-0.3, -0.25) is 4.79 Å². The van der Waals surface area contributed by atoms with Crippen LogP contribution in [0.4, 0.5) is 0 Å². The van der Waals surface area contributed by atoms with Crippen molar-refractivity contribution in [3.8, 4) is 0 Å². The highest BCUT2D eigenvalue weighted by atomic mass is 16.1. The monoisotopic (exact) mass is 161 g/mol. The zero-order valence-electron chi connectivity index (χ0n) is 7.13. The molecule has 0 saturated carbocycles. The van der Waals surface area contributed by atoms with Crippen LogP contribution in [0.25, 0.3) is 0 Å². The van der Waals surface area contributed by atoms with Crippen LogP contribution in [-0.4, -0.2) is 10.8 Å². The molecule has 2 heteroatoms. The van der Waals surface area contributed by atoms with Crippen molar-refractivity contribution in [3.05, 3.63) is 29.1 Å². The van der Waals surface area contributed by atoms with E-state index in [1.54, 1.807) is 0 Å². The smallest absolute Gasteiger partial charge is 0.181 e. The molecule has 1 aliphatic carbocycles. The summed E-state index contributed by atoms with van der Waals surface area (Å²) in [7, 11) is 0. The van der Waals surface area contributed by atoms with E-state index < -0.39 is 0 Å². The molecule has 62 valence electrons. The maximum absolute atomic E-state index is 11.4. The van der Waals surface area contributed by atoms with E-state index >= 15 is 0 Å². The number of rotatable bonds is 0. The Morgan fingerprint density at radius 1 is 1.33 bits per heavy atom. The number of ketones is 1. The fraction of sp³-hybridized carbons (Fsp3) is 0.400. The van der Waals surface area contributed by atoms with Gasteiger partial charge in [0.1, 0.15) is 5.69 Å². The van der Waals surface area contributed by atoms with Crippen molar-refractivity contribution in [1.29, 1.82) is 0 Å². The topological polar surface area (TPSA) is 30.0 Å². The maximum Gasteiger partial charge on any atom is 0.181 e. The van der Waals surface area contributed by atoms with Gasteiger partial charge in [0.15, 0.2) is 5.78 Å². The van der Waals surface area contributed by atoms with Crippen molar-refractivity contribution in [2.75, 3.05) is 0 Å². The van der Waals surface area contributed by atoms with Gasteiger partial charge < -0.3 is 0 Å². The molecule has 0 N–H and O–H groups in total. The number of pyridine rings is 1. The van der Waals surface area contributed by atoms with Gasteiger partial charge in [0.2, 0.25) is 0 Å². The largest absolute Gasteiger partial charge is 0.292 e. The second-order valence-electron chi connectivity index (χ2n) is 3.24. The van der Waals surface area contributed by atoms with E-state index in [1.165, 1.54) is 0 Å². The van der Waals surface area contributed by atoms with E-state index in [4.69, 9.17) is 0 Å². The number of hydrogen-bond acceptors (Lipinski definition) is 2. The van der Waals surface area contributed by atoms with Crippen molar-refractivity contribution in [1.82, 2.24) is 4.98 Å². The van der Waals surface area contributed by atoms with Gasteiger partial charge in [-0.15, -0.1) is 0 Å². The van der Waals surface area contributed by atoms with Gasteiger partial charge in [0.05, 0.1) is 0 Å². The molecule has 1 aliphatic rings. The molecule has 1 heterocycles. The second-order valence-corrected chi connectivity index (χ2v) is 3.24. The molecule has 0 aromatic carbocycles. The third-order valence-corrected chi connectivity index (χ3v) is 2.23. The van der Waals surface area contributed by atoms with Crippen molar-refractivity contribution in [2.24, 2.45) is 0 Å². The maximum atomic E-state index is 11.4. The first-order valence-electron chi connectivity index (χ1n) is 4.27. The highest BCUT2D eigenvalue weighted by Crippen LogP contribution is 2.19. The van der Waals surface area contributed by atoms with Crippen molar-refractivity contribution < 1.29 is 4.79 Å². The lowest BCUT2D eigenvalue weighted by molar-refractivity contribution is 0.0967. The standard InChI is InChI=1S/C10H11NO/c1-7-5-6-8-3-2-4-9(12)10(8)11-7/h5-6H,2-4H2,1H3. The zero-order chi connectivity index (χ0) is 8.55. The summed E-state index contributed by atoms with van der Waals surface area (Å²) in [5.41, 5.74) is 2.77. The van der Waals surface area contributed by atoms with E-state index in [9.17, 15) is 4.79 Å². The van der Waals surface area contributed by atoms with Crippen LogP contribution in [-0.2, 0) is 6.42 Å². The van der Waals surface area contributed by atoms with Crippen LogP contribution in [0.3, 0.4) is 0 Å². The van der Waals surface area contributed by atoms with Gasteiger partial charge in [0.25, 0.3) is 0 Å². The quantitative estimate of drug-likeness (QED) is 0.581. The molecular weight excluding hydrogens is 150 g/mol. The summed E-state index contributed by atoms with van der Waals surface area (Å²) in [6.07, 6.45) is 2.66. The highest BCUT2D eigenvalue weighted by Gasteiger charge is 2.17. The number of carbonyl (C=O) groups is 1. The number of aryl methyl sites for hydroxylation is 2. The van der Waals surface area contributed by atoms with E-state index in [2.05, 4.69) is 4.98 Å². The van der Waals surface area contributed by atoms with Crippen LogP contribution >= 0.6 is 0 Å². The van der Waals surface area contributed by atoms with Crippen molar-refractivity contribution in [3.63, 3.8) is 0 Å². The van der Waals surface area contributed by atoms with Crippen molar-refractivity contribution in [2.45, 2.75) is 26.2 Å². The molecule has 0 amide bonds. The molecular formula is C10H11NO. The van der Waals surface area contributed by atoms with E-state index in [-0.39, 0.29) is 5.78 Å². The van der Waals surface area contributed by atoms with Crippen LogP contribution in [0.1, 0.15) is 34.6 Å². The third-order valence-electron chi connectivity index (χ3n) is 2.23. The van der Waals surface area contributed by atoms with Crippen LogP contribution in [0, 0.1) is 6.92 Å². The van der Waals surface area contributed by atoms with Crippen LogP contribution in [0.5, 0.6) is 0 Å². The SMILES string of the molecule is Cc1ccc2c(n1)C(=O)CCC2. The lowest BCUT2D eigenvalue weighted by atomic mass is 9.95. The lowest BCUT2D eigenvalue weighted by Gasteiger charge is -2.13. The average molecular weight is 161 g/mol. The summed E-state index contributed by atoms with van der Waals surface area (Å²) in [6.45, 7) is 1.92. The van der Waals surface area contributed by atoms with E-state index in [0.717, 1.165) is 24.1 Å². The first-order valence-corrected chi connectivity index (χ1v) is 4.27. The third kappa shape index (κ3) is 1.13. The Morgan fingerprint density at radius 3 is 3.00 bits per heavy atom. The second kappa shape index (κ2) is 2.70. The summed E-state index contributed by atoms with van der Waals surface area (Å²) in [4.78, 5) is 15.6. The highest BCUT2D eigenvalue weighted by molar-refractivity contribution is 5.96. The number of Topliss-reactive ketones (excluding diaryl/α,β-unsaturated/α-hetero) is 1. The molecule has 1 aromatic heterocycles. The number of fused-ring (bicyclic) bond motifs is 1. The van der Waals surface area contributed by atoms with Crippen LogP contribution in [0.15, 0.2) is 12.1 Å². The molecule has 0 atom stereocenters. The number of carbonyl (C=O) groups excluding carboxylic acids is 1. The lowest BCUT2D eigenvalue weighted by Crippen LogP contribution is -2.13. The molecule has 2 rings (SSSR count). The van der Waals surface area contributed by atoms with Gasteiger partial charge in [0, 0.05) is 12.1 Å². The average Bonchev–Trinajstić information content (AvgIpc) is 2.07. The first kappa shape index (κ1) is 7.47. The Kier molecular flexibility index (Phi) is 1.68. The molecule has 0 unspecified atom stereocenters. The number of nitrogens with zero attached hydrogens (tertiary/aromatic N) is 1. The number of hydrogen-bond donors (Lipinski definition) is 0. The van der Waals surface area contributed by atoms with Crippen LogP contribution in [0.2, 0.25) is 0 Å². The Hall–Kier alpha value is -1.18. The van der Waals surface area contributed by atoms with Gasteiger partial charge in [-0.25, -0.2) is 4.98 Å². The molecule has 0 saturated heterocycles. The minimum Gasteiger partial charge on any atom is -0.292 e. The molecule has 12 heavy (non-hydrogen) atoms. The van der Waals surface area contributed by atoms with Gasteiger partial charge in [-0.2, -0.15) is 0 Å². The Labute approximate surface area is 71.6 Å². The summed E-state index contributed by atoms with van der Waals surface area (Å²) in [6, 6.07) is 3.99. The molecule has 0 aliphatic heterocycles. The molecule has 1 aromatic rings. The normalized spacial score (nSPS) is 15.9. The predicted octanol–water partition coefficient (Wildman–Crippen LogP) is 1.91. The van der Waals surface area contributed by atoms with Crippen LogP contribution < -0.4 is 0 Å². The summed E-state index contributed by atoms with van der Waals surface area (Å²) in [5, 5.41) is 0. The minimum atomic E-state index is 0.208. The molecule has 2 nitrogen and oxygen atoms in total. The zero-order valence-corrected chi connectivity index (χ0v) is 7.13. The van der Waals surface area contributed by atoms with E-state index in [0.29, 0.717) is 12.1 Å². The van der Waals surface area contributed by atoms with Gasteiger partial charge in [-0.1, -0.05) is 6.07 Å². The van der Waals surface area contributed by atoms with E-state index in [1.807, 2.05) is 19.1 Å². The predicted molar refractivity (Wildman–Crippen MR) is 46.2 cm³/mol. The summed E-state index contributed by atoms with van der Waals surface area (Å²) < 4.78 is 0. The Bertz CT molecular complexity index is 331. The summed E-state index contributed by atoms with van der Waals surface area (Å²) in [5.74, 6) is 0.208. The molecule has 0 radical (unpaired) electrons. The Morgan fingerprint density at radius 2 is 2.17 bits per heavy atom. The fourth-order valence-corrected chi connectivity index (χ4v) is 1.59. The number of aromatic nitrogens is 1. The minimum absolute atomic E-state index is 0.208. The van der Waals surface area contributed by atoms with Gasteiger partial charge in [-0.05, 0) is 31.4 Å². The van der Waals surface area contributed by atoms with Gasteiger partial charge >= 0.3 is 0 Å². The Balaban J connectivity index is 2.54. The first-order chi connectivity index (χ1) is 5.77.